The van der Waals surface area contributed by atoms with Gasteiger partial charge in [0.15, 0.2) is 0 Å². The van der Waals surface area contributed by atoms with Gasteiger partial charge in [-0.05, 0) is 43.1 Å². The summed E-state index contributed by atoms with van der Waals surface area (Å²) in [5.74, 6) is 0. The molecule has 1 aromatic rings. The van der Waals surface area contributed by atoms with Crippen LogP contribution in [0, 0.1) is 16.7 Å². The first-order valence-electron chi connectivity index (χ1n) is 6.55. The zero-order valence-electron chi connectivity index (χ0n) is 11.1. The first kappa shape index (κ1) is 13.3. The van der Waals surface area contributed by atoms with Gasteiger partial charge in [-0.15, -0.1) is 11.8 Å². The van der Waals surface area contributed by atoms with Crippen LogP contribution in [0.1, 0.15) is 38.2 Å². The maximum Gasteiger partial charge on any atom is 0.102 e. The third-order valence-corrected chi connectivity index (χ3v) is 4.53. The molecule has 2 rings (SSSR count). The molecule has 0 aliphatic heterocycles. The summed E-state index contributed by atoms with van der Waals surface area (Å²) in [4.78, 5) is 1.06. The smallest absolute Gasteiger partial charge is 0.102 e. The zero-order valence-corrected chi connectivity index (χ0v) is 11.9. The molecule has 1 aliphatic rings. The van der Waals surface area contributed by atoms with Crippen LogP contribution < -0.4 is 5.32 Å². The number of thioether (sulfide) groups is 1. The maximum atomic E-state index is 9.28. The van der Waals surface area contributed by atoms with E-state index in [4.69, 9.17) is 0 Å². The molecule has 0 aromatic heterocycles. The Morgan fingerprint density at radius 2 is 2.22 bits per heavy atom. The molecular formula is C15H20N2S. The summed E-state index contributed by atoms with van der Waals surface area (Å²) < 4.78 is 0. The molecule has 0 saturated heterocycles. The number of hydrogen-bond donors (Lipinski definition) is 1. The molecule has 0 spiro atoms. The Balaban J connectivity index is 2.08. The molecule has 1 fully saturated rings. The number of nitrogens with one attached hydrogen (secondary N) is 1. The standard InChI is InChI=1S/C15H20N2S/c1-3-7-15(8-9-15)11-17-13-5-4-6-14(18-2)12(13)10-16/h4-6,17H,3,7-9,11H2,1-2H3. The van der Waals surface area contributed by atoms with E-state index in [2.05, 4.69) is 18.3 Å². The van der Waals surface area contributed by atoms with Gasteiger partial charge in [0.05, 0.1) is 11.3 Å². The van der Waals surface area contributed by atoms with E-state index in [-0.39, 0.29) is 0 Å². The lowest BCUT2D eigenvalue weighted by molar-refractivity contribution is 0.485. The number of anilines is 1. The highest BCUT2D eigenvalue weighted by Crippen LogP contribution is 2.49. The molecule has 3 heteroatoms. The molecule has 1 aliphatic carbocycles. The molecule has 0 heterocycles. The quantitative estimate of drug-likeness (QED) is 0.776. The van der Waals surface area contributed by atoms with Crippen molar-refractivity contribution in [2.24, 2.45) is 5.41 Å². The molecule has 1 aromatic carbocycles. The van der Waals surface area contributed by atoms with Gasteiger partial charge in [-0.25, -0.2) is 0 Å². The van der Waals surface area contributed by atoms with Crippen molar-refractivity contribution in [3.05, 3.63) is 23.8 Å². The van der Waals surface area contributed by atoms with Crippen molar-refractivity contribution >= 4 is 17.4 Å². The fourth-order valence-corrected chi connectivity index (χ4v) is 3.04. The predicted octanol–water partition coefficient (Wildman–Crippen LogP) is 4.27. The Morgan fingerprint density at radius 1 is 1.44 bits per heavy atom. The second kappa shape index (κ2) is 5.67. The zero-order chi connectivity index (χ0) is 13.0. The summed E-state index contributed by atoms with van der Waals surface area (Å²) in [6.07, 6.45) is 7.22. The van der Waals surface area contributed by atoms with Gasteiger partial charge in [-0.3, -0.25) is 0 Å². The molecule has 18 heavy (non-hydrogen) atoms. The van der Waals surface area contributed by atoms with Gasteiger partial charge >= 0.3 is 0 Å². The summed E-state index contributed by atoms with van der Waals surface area (Å²) in [6, 6.07) is 8.36. The van der Waals surface area contributed by atoms with Gasteiger partial charge in [-0.2, -0.15) is 5.26 Å². The molecule has 1 saturated carbocycles. The van der Waals surface area contributed by atoms with Crippen LogP contribution in [0.25, 0.3) is 0 Å². The van der Waals surface area contributed by atoms with E-state index in [1.807, 2.05) is 24.5 Å². The van der Waals surface area contributed by atoms with Crippen LogP contribution in [0.15, 0.2) is 23.1 Å². The van der Waals surface area contributed by atoms with Crippen molar-refractivity contribution in [2.75, 3.05) is 18.1 Å². The third-order valence-electron chi connectivity index (χ3n) is 3.75. The van der Waals surface area contributed by atoms with Gasteiger partial charge in [0, 0.05) is 11.4 Å². The van der Waals surface area contributed by atoms with Gasteiger partial charge in [0.25, 0.3) is 0 Å². The average Bonchev–Trinajstić information content (AvgIpc) is 3.16. The Bertz CT molecular complexity index is 458. The van der Waals surface area contributed by atoms with Crippen LogP contribution >= 0.6 is 11.8 Å². The minimum absolute atomic E-state index is 0.511. The van der Waals surface area contributed by atoms with Crippen molar-refractivity contribution in [1.29, 1.82) is 5.26 Å². The molecule has 2 nitrogen and oxygen atoms in total. The Morgan fingerprint density at radius 3 is 2.78 bits per heavy atom. The molecule has 0 bridgehead atoms. The summed E-state index contributed by atoms with van der Waals surface area (Å²) in [5.41, 5.74) is 2.29. The van der Waals surface area contributed by atoms with Crippen LogP contribution in [0.5, 0.6) is 0 Å². The van der Waals surface area contributed by atoms with E-state index in [0.29, 0.717) is 5.41 Å². The monoisotopic (exact) mass is 260 g/mol. The largest absolute Gasteiger partial charge is 0.383 e. The van der Waals surface area contributed by atoms with Crippen molar-refractivity contribution in [3.63, 3.8) is 0 Å². The maximum absolute atomic E-state index is 9.28. The Labute approximate surface area is 114 Å². The normalized spacial score (nSPS) is 16.1. The minimum Gasteiger partial charge on any atom is -0.383 e. The van der Waals surface area contributed by atoms with E-state index in [0.717, 1.165) is 22.7 Å². The first-order chi connectivity index (χ1) is 8.74. The fourth-order valence-electron chi connectivity index (χ4n) is 2.47. The number of rotatable bonds is 6. The lowest BCUT2D eigenvalue weighted by Gasteiger charge is -2.17. The lowest BCUT2D eigenvalue weighted by atomic mass is 10.0. The summed E-state index contributed by atoms with van der Waals surface area (Å²) in [7, 11) is 0. The lowest BCUT2D eigenvalue weighted by Crippen LogP contribution is -2.15. The topological polar surface area (TPSA) is 35.8 Å². The highest BCUT2D eigenvalue weighted by atomic mass is 32.2. The van der Waals surface area contributed by atoms with E-state index in [9.17, 15) is 5.26 Å². The Kier molecular flexibility index (Phi) is 4.19. The molecule has 0 amide bonds. The minimum atomic E-state index is 0.511. The summed E-state index contributed by atoms with van der Waals surface area (Å²) in [6.45, 7) is 3.25. The van der Waals surface area contributed by atoms with Crippen molar-refractivity contribution in [2.45, 2.75) is 37.5 Å². The number of hydrogen-bond acceptors (Lipinski definition) is 3. The van der Waals surface area contributed by atoms with Crippen LogP contribution in [-0.2, 0) is 0 Å². The molecule has 0 atom stereocenters. The van der Waals surface area contributed by atoms with E-state index in [1.54, 1.807) is 11.8 Å². The van der Waals surface area contributed by atoms with E-state index >= 15 is 0 Å². The van der Waals surface area contributed by atoms with Gasteiger partial charge < -0.3 is 5.32 Å². The van der Waals surface area contributed by atoms with E-state index < -0.39 is 0 Å². The highest BCUT2D eigenvalue weighted by molar-refractivity contribution is 7.98. The number of nitriles is 1. The SMILES string of the molecule is CCCC1(CNc2cccc(SC)c2C#N)CC1. The van der Waals surface area contributed by atoms with Gasteiger partial charge in [0.2, 0.25) is 0 Å². The molecule has 0 radical (unpaired) electrons. The third kappa shape index (κ3) is 2.81. The summed E-state index contributed by atoms with van der Waals surface area (Å²) in [5, 5.41) is 12.8. The molecule has 0 unspecified atom stereocenters. The first-order valence-corrected chi connectivity index (χ1v) is 7.78. The second-order valence-corrected chi connectivity index (χ2v) is 5.95. The average molecular weight is 260 g/mol. The van der Waals surface area contributed by atoms with Crippen molar-refractivity contribution < 1.29 is 0 Å². The second-order valence-electron chi connectivity index (χ2n) is 5.10. The highest BCUT2D eigenvalue weighted by Gasteiger charge is 2.41. The Hall–Kier alpha value is -1.14. The fraction of sp³-hybridized carbons (Fsp3) is 0.533. The van der Waals surface area contributed by atoms with Gasteiger partial charge in [0.1, 0.15) is 6.07 Å². The van der Waals surface area contributed by atoms with Crippen LogP contribution in [0.2, 0.25) is 0 Å². The van der Waals surface area contributed by atoms with E-state index in [1.165, 1.54) is 25.7 Å². The van der Waals surface area contributed by atoms with Gasteiger partial charge in [-0.1, -0.05) is 19.4 Å². The molecule has 96 valence electrons. The number of nitrogens with zero attached hydrogens (tertiary/aromatic N) is 1. The van der Waals surface area contributed by atoms with Crippen LogP contribution in [0.3, 0.4) is 0 Å². The van der Waals surface area contributed by atoms with Crippen molar-refractivity contribution in [3.8, 4) is 6.07 Å². The van der Waals surface area contributed by atoms with Crippen LogP contribution in [0.4, 0.5) is 5.69 Å². The number of benzene rings is 1. The summed E-state index contributed by atoms with van der Waals surface area (Å²) >= 11 is 1.63. The molecule has 1 N–H and O–H groups in total. The van der Waals surface area contributed by atoms with Crippen LogP contribution in [-0.4, -0.2) is 12.8 Å². The molecular weight excluding hydrogens is 240 g/mol. The predicted molar refractivity (Wildman–Crippen MR) is 78.0 cm³/mol. The van der Waals surface area contributed by atoms with Crippen molar-refractivity contribution in [1.82, 2.24) is 0 Å².